The number of nitrogens with one attached hydrogen (secondary N) is 1. The normalized spacial score (nSPS) is 14.9. The van der Waals surface area contributed by atoms with Crippen molar-refractivity contribution in [1.29, 1.82) is 0 Å². The largest absolute Gasteiger partial charge is 0.486 e. The molecule has 150 valence electrons. The lowest BCUT2D eigenvalue weighted by Crippen LogP contribution is -2.42. The Morgan fingerprint density at radius 2 is 2.07 bits per heavy atom. The molecule has 29 heavy (non-hydrogen) atoms. The van der Waals surface area contributed by atoms with Crippen LogP contribution in [0.3, 0.4) is 0 Å². The van der Waals surface area contributed by atoms with Crippen molar-refractivity contribution in [2.24, 2.45) is 0 Å². The highest BCUT2D eigenvalue weighted by Gasteiger charge is 2.28. The molecule has 0 saturated heterocycles. The van der Waals surface area contributed by atoms with Crippen molar-refractivity contribution in [2.45, 2.75) is 11.4 Å². The van der Waals surface area contributed by atoms with E-state index < -0.39 is 11.5 Å². The Bertz CT molecular complexity index is 1050. The Morgan fingerprint density at radius 1 is 1.28 bits per heavy atom. The molecule has 0 aliphatic carbocycles. The van der Waals surface area contributed by atoms with Gasteiger partial charge in [-0.1, -0.05) is 6.08 Å². The molecule has 0 atom stereocenters. The average Bonchev–Trinajstić information content (AvgIpc) is 2.72. The zero-order valence-corrected chi connectivity index (χ0v) is 16.2. The number of hydrogen-bond acceptors (Lipinski definition) is 7. The number of anilines is 2. The van der Waals surface area contributed by atoms with E-state index in [0.29, 0.717) is 35.3 Å². The Labute approximate surface area is 170 Å². The summed E-state index contributed by atoms with van der Waals surface area (Å²) in [5.74, 6) is 0.788. The summed E-state index contributed by atoms with van der Waals surface area (Å²) in [6.07, 6.45) is 3.05. The number of thioether (sulfide) groups is 1. The highest BCUT2D eigenvalue weighted by Crippen LogP contribution is 2.33. The fourth-order valence-electron chi connectivity index (χ4n) is 3.05. The summed E-state index contributed by atoms with van der Waals surface area (Å²) >= 11 is 1.26. The van der Waals surface area contributed by atoms with Crippen LogP contribution in [0.25, 0.3) is 0 Å². The first-order valence-electron chi connectivity index (χ1n) is 8.90. The average molecular weight is 414 g/mol. The van der Waals surface area contributed by atoms with Gasteiger partial charge in [0.05, 0.1) is 16.8 Å². The van der Waals surface area contributed by atoms with Gasteiger partial charge in [0.15, 0.2) is 11.5 Å². The first-order valence-corrected chi connectivity index (χ1v) is 9.89. The molecular weight excluding hydrogens is 396 g/mol. The van der Waals surface area contributed by atoms with E-state index in [9.17, 15) is 14.4 Å². The molecule has 0 radical (unpaired) electrons. The third-order valence-corrected chi connectivity index (χ3v) is 5.34. The molecular formula is C19H18N4O5S. The minimum atomic E-state index is -0.498. The zero-order chi connectivity index (χ0) is 20.4. The summed E-state index contributed by atoms with van der Waals surface area (Å²) < 4.78 is 12.0. The number of hydrogen-bond donors (Lipinski definition) is 1. The van der Waals surface area contributed by atoms with E-state index in [1.165, 1.54) is 22.9 Å². The molecule has 10 heteroatoms. The maximum Gasteiger partial charge on any atom is 0.292 e. The van der Waals surface area contributed by atoms with Gasteiger partial charge in [-0.3, -0.25) is 14.4 Å². The third-order valence-electron chi connectivity index (χ3n) is 4.34. The quantitative estimate of drug-likeness (QED) is 0.735. The van der Waals surface area contributed by atoms with Crippen LogP contribution in [0, 0.1) is 0 Å². The molecule has 1 N–H and O–H groups in total. The van der Waals surface area contributed by atoms with E-state index >= 15 is 0 Å². The Morgan fingerprint density at radius 3 is 2.86 bits per heavy atom. The van der Waals surface area contributed by atoms with Gasteiger partial charge < -0.3 is 19.7 Å². The lowest BCUT2D eigenvalue weighted by Gasteiger charge is -2.27. The minimum absolute atomic E-state index is 0.182. The second kappa shape index (κ2) is 8.00. The van der Waals surface area contributed by atoms with Crippen LogP contribution in [0.5, 0.6) is 11.5 Å². The Balaban J connectivity index is 1.54. The summed E-state index contributed by atoms with van der Waals surface area (Å²) in [6, 6.07) is 5.07. The Kier molecular flexibility index (Phi) is 5.26. The monoisotopic (exact) mass is 414 g/mol. The van der Waals surface area contributed by atoms with E-state index in [1.807, 2.05) is 0 Å². The van der Waals surface area contributed by atoms with E-state index in [1.54, 1.807) is 24.3 Å². The molecule has 9 nitrogen and oxygen atoms in total. The predicted molar refractivity (Wildman–Crippen MR) is 108 cm³/mol. The molecule has 0 spiro atoms. The summed E-state index contributed by atoms with van der Waals surface area (Å²) in [5, 5.41) is 6.79. The smallest absolute Gasteiger partial charge is 0.292 e. The van der Waals surface area contributed by atoms with Gasteiger partial charge in [-0.2, -0.15) is 5.10 Å². The SMILES string of the molecule is C=CCN1C(=O)CSc2cnn(CC(=O)Nc3ccc4c(c3)OCCO4)c(=O)c21. The molecule has 1 aromatic heterocycles. The van der Waals surface area contributed by atoms with Crippen LogP contribution in [-0.4, -0.2) is 47.1 Å². The third kappa shape index (κ3) is 3.83. The fourth-order valence-corrected chi connectivity index (χ4v) is 3.94. The highest BCUT2D eigenvalue weighted by atomic mass is 32.2. The number of ether oxygens (including phenoxy) is 2. The van der Waals surface area contributed by atoms with Gasteiger partial charge in [0, 0.05) is 18.3 Å². The van der Waals surface area contributed by atoms with Crippen molar-refractivity contribution in [1.82, 2.24) is 9.78 Å². The Hall–Kier alpha value is -3.27. The molecule has 2 aliphatic heterocycles. The minimum Gasteiger partial charge on any atom is -0.486 e. The van der Waals surface area contributed by atoms with Gasteiger partial charge in [0.25, 0.3) is 5.56 Å². The maximum atomic E-state index is 12.9. The van der Waals surface area contributed by atoms with Gasteiger partial charge in [0.2, 0.25) is 11.8 Å². The lowest BCUT2D eigenvalue weighted by molar-refractivity contribution is -0.117. The predicted octanol–water partition coefficient (Wildman–Crippen LogP) is 1.28. The van der Waals surface area contributed by atoms with Crippen LogP contribution in [0.2, 0.25) is 0 Å². The summed E-state index contributed by atoms with van der Waals surface area (Å²) in [6.45, 7) is 4.48. The summed E-state index contributed by atoms with van der Waals surface area (Å²) in [4.78, 5) is 39.5. The number of carbonyl (C=O) groups is 2. The summed E-state index contributed by atoms with van der Waals surface area (Å²) in [5.41, 5.74) is 0.250. The van der Waals surface area contributed by atoms with E-state index in [-0.39, 0.29) is 30.4 Å². The van der Waals surface area contributed by atoms with Crippen molar-refractivity contribution >= 4 is 35.0 Å². The van der Waals surface area contributed by atoms with Crippen LogP contribution < -0.4 is 25.2 Å². The summed E-state index contributed by atoms with van der Waals surface area (Å²) in [7, 11) is 0. The van der Waals surface area contributed by atoms with Crippen molar-refractivity contribution in [3.05, 3.63) is 47.4 Å². The molecule has 0 bridgehead atoms. The number of nitrogens with zero attached hydrogens (tertiary/aromatic N) is 3. The lowest BCUT2D eigenvalue weighted by atomic mass is 10.2. The van der Waals surface area contributed by atoms with Crippen LogP contribution in [0.4, 0.5) is 11.4 Å². The molecule has 1 aromatic carbocycles. The van der Waals surface area contributed by atoms with Gasteiger partial charge >= 0.3 is 0 Å². The van der Waals surface area contributed by atoms with Crippen molar-refractivity contribution < 1.29 is 19.1 Å². The first-order chi connectivity index (χ1) is 14.1. The highest BCUT2D eigenvalue weighted by molar-refractivity contribution is 8.00. The maximum absolute atomic E-state index is 12.9. The number of carbonyl (C=O) groups excluding carboxylic acids is 2. The number of aromatic nitrogens is 2. The molecule has 2 amide bonds. The van der Waals surface area contributed by atoms with Crippen LogP contribution in [-0.2, 0) is 16.1 Å². The number of amides is 2. The van der Waals surface area contributed by atoms with Gasteiger partial charge in [0.1, 0.15) is 25.4 Å². The standard InChI is InChI=1S/C19H18N4O5S/c1-2-5-22-17(25)11-29-15-9-20-23(19(26)18(15)22)10-16(24)21-12-3-4-13-14(8-12)28-7-6-27-13/h2-4,8-9H,1,5-7,10-11H2,(H,21,24). The van der Waals surface area contributed by atoms with E-state index in [0.717, 1.165) is 4.68 Å². The van der Waals surface area contributed by atoms with Gasteiger partial charge in [-0.25, -0.2) is 4.68 Å². The van der Waals surface area contributed by atoms with Crippen LogP contribution in [0.1, 0.15) is 0 Å². The van der Waals surface area contributed by atoms with Gasteiger partial charge in [-0.15, -0.1) is 18.3 Å². The van der Waals surface area contributed by atoms with Crippen molar-refractivity contribution in [3.63, 3.8) is 0 Å². The van der Waals surface area contributed by atoms with Crippen molar-refractivity contribution in [3.8, 4) is 11.5 Å². The van der Waals surface area contributed by atoms with Crippen LogP contribution >= 0.6 is 11.8 Å². The van der Waals surface area contributed by atoms with E-state index in [4.69, 9.17) is 9.47 Å². The number of benzene rings is 1. The van der Waals surface area contributed by atoms with Gasteiger partial charge in [-0.05, 0) is 12.1 Å². The van der Waals surface area contributed by atoms with Crippen molar-refractivity contribution in [2.75, 3.05) is 35.7 Å². The second-order valence-corrected chi connectivity index (χ2v) is 7.33. The fraction of sp³-hybridized carbons (Fsp3) is 0.263. The molecule has 4 rings (SSSR count). The van der Waals surface area contributed by atoms with Crippen LogP contribution in [0.15, 0.2) is 46.7 Å². The second-order valence-electron chi connectivity index (χ2n) is 6.31. The number of rotatable bonds is 5. The zero-order valence-electron chi connectivity index (χ0n) is 15.4. The molecule has 0 saturated carbocycles. The molecule has 0 fully saturated rings. The molecule has 2 aliphatic rings. The number of fused-ring (bicyclic) bond motifs is 2. The van der Waals surface area contributed by atoms with E-state index in [2.05, 4.69) is 17.0 Å². The first kappa shape index (κ1) is 19.1. The molecule has 2 aromatic rings. The molecule has 3 heterocycles. The topological polar surface area (TPSA) is 103 Å². The molecule has 0 unspecified atom stereocenters.